The van der Waals surface area contributed by atoms with Gasteiger partial charge in [-0.15, -0.1) is 0 Å². The lowest BCUT2D eigenvalue weighted by Crippen LogP contribution is -2.79. The molecule has 3 fully saturated rings. The summed E-state index contributed by atoms with van der Waals surface area (Å²) in [6, 6.07) is 0.674. The summed E-state index contributed by atoms with van der Waals surface area (Å²) in [6.45, 7) is 6.78. The van der Waals surface area contributed by atoms with Gasteiger partial charge in [0.15, 0.2) is 0 Å². The number of ether oxygens (including phenoxy) is 4. The molecule has 0 aromatic heterocycles. The zero-order valence-electron chi connectivity index (χ0n) is 19.1. The molecule has 176 valence electrons. The van der Waals surface area contributed by atoms with Gasteiger partial charge >= 0.3 is 16.4 Å². The van der Waals surface area contributed by atoms with Crippen molar-refractivity contribution in [2.45, 2.75) is 69.2 Å². The van der Waals surface area contributed by atoms with Crippen LogP contribution >= 0.6 is 0 Å². The molecule has 0 aromatic carbocycles. The number of rotatable bonds is 14. The molecule has 3 saturated heterocycles. The van der Waals surface area contributed by atoms with Crippen LogP contribution in [-0.2, 0) is 41.1 Å². The van der Waals surface area contributed by atoms with Gasteiger partial charge in [-0.25, -0.2) is 0 Å². The molecule has 3 heterocycles. The van der Waals surface area contributed by atoms with E-state index in [1.54, 1.807) is 28.4 Å². The van der Waals surface area contributed by atoms with Crippen molar-refractivity contribution in [1.29, 1.82) is 0 Å². The second kappa shape index (κ2) is 10.3. The van der Waals surface area contributed by atoms with E-state index in [0.717, 1.165) is 26.1 Å². The highest BCUT2D eigenvalue weighted by Gasteiger charge is 2.74. The van der Waals surface area contributed by atoms with E-state index in [4.69, 9.17) is 41.1 Å². The van der Waals surface area contributed by atoms with E-state index >= 15 is 0 Å². The maximum absolute atomic E-state index is 6.94. The van der Waals surface area contributed by atoms with Crippen LogP contribution < -0.4 is 0 Å². The number of epoxide rings is 2. The highest BCUT2D eigenvalue weighted by molar-refractivity contribution is 7.29. The van der Waals surface area contributed by atoms with Gasteiger partial charge in [0.05, 0.1) is 38.6 Å². The Hall–Kier alpha value is 0.0738. The molecule has 0 N–H and O–H groups in total. The maximum atomic E-state index is 6.94. The standard InChI is InChI=1S/C19H38O9Si2/c1-7-17(26-13-15-11-24-15)19(18(8-2)27-14-16-12-25-16)9-10-29(20-3,21-4)30(22-5,23-6)28-19/h15-18H,7-14H2,1-6H3. The van der Waals surface area contributed by atoms with Crippen molar-refractivity contribution in [3.05, 3.63) is 0 Å². The first-order chi connectivity index (χ1) is 14.5. The van der Waals surface area contributed by atoms with E-state index in [9.17, 15) is 0 Å². The van der Waals surface area contributed by atoms with Gasteiger partial charge < -0.3 is 41.1 Å². The van der Waals surface area contributed by atoms with E-state index in [-0.39, 0.29) is 24.4 Å². The van der Waals surface area contributed by atoms with Gasteiger partial charge in [0.25, 0.3) is 0 Å². The maximum Gasteiger partial charge on any atom is 0.539 e. The number of hydrogen-bond acceptors (Lipinski definition) is 9. The fourth-order valence-corrected chi connectivity index (χ4v) is 14.3. The molecule has 3 aliphatic heterocycles. The van der Waals surface area contributed by atoms with Crippen LogP contribution in [0.25, 0.3) is 0 Å². The molecule has 4 atom stereocenters. The molecule has 3 aliphatic rings. The monoisotopic (exact) mass is 466 g/mol. The molecular formula is C19H38O9Si2. The molecule has 3 rings (SSSR count). The van der Waals surface area contributed by atoms with Crippen molar-refractivity contribution in [3.8, 4) is 0 Å². The Kier molecular flexibility index (Phi) is 8.52. The van der Waals surface area contributed by atoms with Gasteiger partial charge in [-0.1, -0.05) is 13.8 Å². The Morgan fingerprint density at radius 3 is 1.63 bits per heavy atom. The summed E-state index contributed by atoms with van der Waals surface area (Å²) >= 11 is 0. The summed E-state index contributed by atoms with van der Waals surface area (Å²) in [5, 5.41) is 0. The van der Waals surface area contributed by atoms with Crippen LogP contribution in [0.5, 0.6) is 0 Å². The van der Waals surface area contributed by atoms with Crippen molar-refractivity contribution < 1.29 is 41.1 Å². The van der Waals surface area contributed by atoms with Gasteiger partial charge in [-0.2, -0.15) is 0 Å². The lowest BCUT2D eigenvalue weighted by molar-refractivity contribution is -0.196. The Morgan fingerprint density at radius 1 is 0.833 bits per heavy atom. The lowest BCUT2D eigenvalue weighted by atomic mass is 9.84. The third-order valence-corrected chi connectivity index (χ3v) is 17.6. The Balaban J connectivity index is 1.94. The summed E-state index contributed by atoms with van der Waals surface area (Å²) in [4.78, 5) is 0. The smallest absolute Gasteiger partial charge is 0.395 e. The van der Waals surface area contributed by atoms with Crippen molar-refractivity contribution >= 4 is 16.4 Å². The highest BCUT2D eigenvalue weighted by atomic mass is 29.3. The fraction of sp³-hybridized carbons (Fsp3) is 1.00. The van der Waals surface area contributed by atoms with Gasteiger partial charge in [0, 0.05) is 28.4 Å². The van der Waals surface area contributed by atoms with Crippen molar-refractivity contribution in [2.75, 3.05) is 54.9 Å². The van der Waals surface area contributed by atoms with Gasteiger partial charge in [0.2, 0.25) is 0 Å². The SMILES string of the molecule is CCC(OCC1CO1)C1(C(CC)OCC2CO2)CC[Si](OC)(OC)[Si](OC)(OC)O1. The average Bonchev–Trinajstić information content (AvgIpc) is 3.69. The largest absolute Gasteiger partial charge is 0.539 e. The molecule has 0 aliphatic carbocycles. The topological polar surface area (TPSA) is 89.7 Å². The Bertz CT molecular complexity index is 512. The third-order valence-electron chi connectivity index (χ3n) is 6.44. The van der Waals surface area contributed by atoms with E-state index < -0.39 is 22.0 Å². The van der Waals surface area contributed by atoms with Crippen LogP contribution in [0.2, 0.25) is 6.04 Å². The average molecular weight is 467 g/mol. The minimum Gasteiger partial charge on any atom is -0.395 e. The van der Waals surface area contributed by atoms with Crippen LogP contribution in [0.1, 0.15) is 33.1 Å². The Morgan fingerprint density at radius 2 is 1.30 bits per heavy atom. The van der Waals surface area contributed by atoms with Crippen molar-refractivity contribution in [3.63, 3.8) is 0 Å². The normalized spacial score (nSPS) is 33.8. The van der Waals surface area contributed by atoms with E-state index in [1.165, 1.54) is 0 Å². The molecule has 11 heteroatoms. The summed E-state index contributed by atoms with van der Waals surface area (Å²) in [7, 11) is 0.360. The molecular weight excluding hydrogens is 428 g/mol. The zero-order chi connectivity index (χ0) is 21.8. The van der Waals surface area contributed by atoms with E-state index in [0.29, 0.717) is 25.7 Å². The van der Waals surface area contributed by atoms with Crippen LogP contribution in [0.4, 0.5) is 0 Å². The van der Waals surface area contributed by atoms with Crippen molar-refractivity contribution in [2.24, 2.45) is 0 Å². The molecule has 0 saturated carbocycles. The van der Waals surface area contributed by atoms with Gasteiger partial charge in [-0.05, 0) is 25.3 Å². The highest BCUT2D eigenvalue weighted by Crippen LogP contribution is 2.47. The molecule has 30 heavy (non-hydrogen) atoms. The Labute approximate surface area is 181 Å². The molecule has 0 aromatic rings. The molecule has 0 bridgehead atoms. The summed E-state index contributed by atoms with van der Waals surface area (Å²) in [5.74, 6) is 0. The number of hydrogen-bond donors (Lipinski definition) is 0. The lowest BCUT2D eigenvalue weighted by Gasteiger charge is -2.55. The van der Waals surface area contributed by atoms with E-state index in [2.05, 4.69) is 13.8 Å². The zero-order valence-corrected chi connectivity index (χ0v) is 21.1. The minimum atomic E-state index is -3.31. The molecule has 4 unspecified atom stereocenters. The van der Waals surface area contributed by atoms with Crippen LogP contribution in [0.15, 0.2) is 0 Å². The molecule has 0 radical (unpaired) electrons. The van der Waals surface area contributed by atoms with Crippen LogP contribution in [0, 0.1) is 0 Å². The second-order valence-electron chi connectivity index (χ2n) is 8.05. The third kappa shape index (κ3) is 4.71. The predicted octanol–water partition coefficient (Wildman–Crippen LogP) is 1.58. The first-order valence-corrected chi connectivity index (χ1v) is 15.6. The predicted molar refractivity (Wildman–Crippen MR) is 112 cm³/mol. The molecule has 0 amide bonds. The molecule has 0 spiro atoms. The van der Waals surface area contributed by atoms with Gasteiger partial charge in [-0.3, -0.25) is 0 Å². The summed E-state index contributed by atoms with van der Waals surface area (Å²) in [5.41, 5.74) is -0.737. The van der Waals surface area contributed by atoms with Crippen LogP contribution in [-0.4, -0.2) is 101 Å². The molecule has 9 nitrogen and oxygen atoms in total. The fourth-order valence-electron chi connectivity index (χ4n) is 4.55. The van der Waals surface area contributed by atoms with Crippen molar-refractivity contribution in [1.82, 2.24) is 0 Å². The van der Waals surface area contributed by atoms with Crippen LogP contribution in [0.3, 0.4) is 0 Å². The summed E-state index contributed by atoms with van der Waals surface area (Å²) < 4.78 is 54.3. The minimum absolute atomic E-state index is 0.166. The summed E-state index contributed by atoms with van der Waals surface area (Å²) in [6.07, 6.45) is 2.13. The first-order valence-electron chi connectivity index (χ1n) is 10.9. The van der Waals surface area contributed by atoms with E-state index in [1.807, 2.05) is 0 Å². The first kappa shape index (κ1) is 24.7. The second-order valence-corrected chi connectivity index (χ2v) is 17.1. The quantitative estimate of drug-likeness (QED) is 0.279. The van der Waals surface area contributed by atoms with Gasteiger partial charge in [0.1, 0.15) is 17.8 Å².